The molecule has 0 aromatic heterocycles. The lowest BCUT2D eigenvalue weighted by atomic mass is 9.84. The van der Waals surface area contributed by atoms with Crippen molar-refractivity contribution in [2.45, 2.75) is 37.5 Å². The summed E-state index contributed by atoms with van der Waals surface area (Å²) in [7, 11) is 0. The second-order valence-corrected chi connectivity index (χ2v) is 7.67. The first-order valence-electron chi connectivity index (χ1n) is 9.94. The monoisotopic (exact) mass is 419 g/mol. The lowest BCUT2D eigenvalue weighted by molar-refractivity contribution is -0.137. The van der Waals surface area contributed by atoms with Crippen LogP contribution < -0.4 is 0 Å². The van der Waals surface area contributed by atoms with Crippen molar-refractivity contribution in [1.82, 2.24) is 4.90 Å². The van der Waals surface area contributed by atoms with Gasteiger partial charge < -0.3 is 10.0 Å². The molecule has 1 aliphatic heterocycles. The van der Waals surface area contributed by atoms with Gasteiger partial charge in [-0.05, 0) is 37.9 Å². The van der Waals surface area contributed by atoms with Gasteiger partial charge in [-0.3, -0.25) is 9.59 Å². The van der Waals surface area contributed by atoms with E-state index < -0.39 is 17.3 Å². The van der Waals surface area contributed by atoms with E-state index >= 15 is 0 Å². The van der Waals surface area contributed by atoms with Crippen LogP contribution in [0.5, 0.6) is 0 Å². The van der Waals surface area contributed by atoms with Crippen LogP contribution in [0.2, 0.25) is 0 Å². The van der Waals surface area contributed by atoms with E-state index in [1.807, 2.05) is 6.07 Å². The Morgan fingerprint density at radius 3 is 2.23 bits per heavy atom. The molecule has 1 N–H and O–H groups in total. The molecule has 2 aromatic rings. The average Bonchev–Trinajstić information content (AvgIpc) is 2.74. The molecule has 30 heavy (non-hydrogen) atoms. The minimum atomic E-state index is -4.47. The number of alkyl halides is 3. The molecule has 7 heteroatoms. The molecule has 1 saturated heterocycles. The zero-order valence-corrected chi connectivity index (χ0v) is 16.5. The van der Waals surface area contributed by atoms with Crippen LogP contribution in [0.1, 0.15) is 52.0 Å². The predicted octanol–water partition coefficient (Wildman–Crippen LogP) is 4.38. The zero-order chi connectivity index (χ0) is 21.8. The first-order chi connectivity index (χ1) is 14.2. The lowest BCUT2D eigenvalue weighted by Crippen LogP contribution is -2.49. The van der Waals surface area contributed by atoms with Crippen LogP contribution in [0.25, 0.3) is 0 Å². The summed E-state index contributed by atoms with van der Waals surface area (Å²) in [6, 6.07) is 13.2. The number of nitrogens with zero attached hydrogens (tertiary/aromatic N) is 1. The summed E-state index contributed by atoms with van der Waals surface area (Å²) >= 11 is 0. The molecule has 0 amide bonds. The van der Waals surface area contributed by atoms with Crippen LogP contribution in [0.15, 0.2) is 54.6 Å². The van der Waals surface area contributed by atoms with Crippen LogP contribution in [-0.2, 0) is 6.18 Å². The van der Waals surface area contributed by atoms with Gasteiger partial charge in [-0.25, -0.2) is 0 Å². The largest absolute Gasteiger partial charge is 0.416 e. The molecule has 0 atom stereocenters. The number of benzene rings is 2. The number of halogens is 3. The SMILES string of the molecule is O=C(CCCN1CCC(O)(C(=O)c2ccccc2)CC1)c1cccc(C(F)(F)F)c1. The maximum Gasteiger partial charge on any atom is 0.416 e. The number of ketones is 2. The summed E-state index contributed by atoms with van der Waals surface area (Å²) in [6.07, 6.45) is -3.21. The van der Waals surface area contributed by atoms with Gasteiger partial charge in [0, 0.05) is 30.6 Å². The molecule has 1 aliphatic rings. The molecule has 0 radical (unpaired) electrons. The molecule has 0 spiro atoms. The molecular weight excluding hydrogens is 395 g/mol. The van der Waals surface area contributed by atoms with Gasteiger partial charge >= 0.3 is 6.18 Å². The normalized spacial score (nSPS) is 16.9. The van der Waals surface area contributed by atoms with Gasteiger partial charge in [-0.1, -0.05) is 42.5 Å². The van der Waals surface area contributed by atoms with Crippen molar-refractivity contribution in [3.63, 3.8) is 0 Å². The number of rotatable bonds is 7. The van der Waals surface area contributed by atoms with E-state index in [-0.39, 0.29) is 23.6 Å². The molecule has 0 unspecified atom stereocenters. The molecule has 160 valence electrons. The number of carbonyl (C=O) groups excluding carboxylic acids is 2. The van der Waals surface area contributed by atoms with Gasteiger partial charge in [0.15, 0.2) is 11.6 Å². The molecule has 0 bridgehead atoms. The first kappa shape index (κ1) is 22.2. The topological polar surface area (TPSA) is 57.6 Å². The van der Waals surface area contributed by atoms with Crippen molar-refractivity contribution in [2.75, 3.05) is 19.6 Å². The summed E-state index contributed by atoms with van der Waals surface area (Å²) < 4.78 is 38.4. The Morgan fingerprint density at radius 2 is 1.60 bits per heavy atom. The van der Waals surface area contributed by atoms with E-state index in [1.165, 1.54) is 12.1 Å². The van der Waals surface area contributed by atoms with E-state index in [1.54, 1.807) is 24.3 Å². The fraction of sp³-hybridized carbons (Fsp3) is 0.391. The summed E-state index contributed by atoms with van der Waals surface area (Å²) in [5.41, 5.74) is -1.66. The molecule has 1 heterocycles. The molecule has 1 fully saturated rings. The maximum atomic E-state index is 12.8. The zero-order valence-electron chi connectivity index (χ0n) is 16.5. The molecule has 4 nitrogen and oxygen atoms in total. The summed E-state index contributed by atoms with van der Waals surface area (Å²) in [4.78, 5) is 26.9. The van der Waals surface area contributed by atoms with E-state index in [9.17, 15) is 27.9 Å². The van der Waals surface area contributed by atoms with E-state index in [0.29, 0.717) is 44.5 Å². The van der Waals surface area contributed by atoms with Crippen LogP contribution in [-0.4, -0.2) is 46.8 Å². The summed E-state index contributed by atoms with van der Waals surface area (Å²) in [5.74, 6) is -0.601. The van der Waals surface area contributed by atoms with Gasteiger partial charge in [0.2, 0.25) is 0 Å². The summed E-state index contributed by atoms with van der Waals surface area (Å²) in [5, 5.41) is 10.7. The number of likely N-dealkylation sites (tertiary alicyclic amines) is 1. The number of hydrogen-bond acceptors (Lipinski definition) is 4. The third kappa shape index (κ3) is 5.34. The van der Waals surface area contributed by atoms with Gasteiger partial charge in [0.25, 0.3) is 0 Å². The number of hydrogen-bond donors (Lipinski definition) is 1. The Morgan fingerprint density at radius 1 is 0.967 bits per heavy atom. The molecule has 0 aliphatic carbocycles. The van der Waals surface area contributed by atoms with Crippen molar-refractivity contribution in [2.24, 2.45) is 0 Å². The second kappa shape index (κ2) is 9.10. The Labute approximate surface area is 173 Å². The smallest absolute Gasteiger partial charge is 0.382 e. The quantitative estimate of drug-likeness (QED) is 0.677. The maximum absolute atomic E-state index is 12.8. The van der Waals surface area contributed by atoms with Crippen molar-refractivity contribution in [1.29, 1.82) is 0 Å². The molecule has 2 aromatic carbocycles. The number of aliphatic hydroxyl groups is 1. The van der Waals surface area contributed by atoms with Crippen LogP contribution in [0, 0.1) is 0 Å². The highest BCUT2D eigenvalue weighted by Gasteiger charge is 2.39. The molecular formula is C23H24F3NO3. The van der Waals surface area contributed by atoms with Gasteiger partial charge in [0.05, 0.1) is 5.56 Å². The predicted molar refractivity (Wildman–Crippen MR) is 106 cm³/mol. The molecule has 0 saturated carbocycles. The highest BCUT2D eigenvalue weighted by Crippen LogP contribution is 2.30. The Bertz CT molecular complexity index is 888. The Kier molecular flexibility index (Phi) is 6.73. The van der Waals surface area contributed by atoms with E-state index in [0.717, 1.165) is 12.1 Å². The highest BCUT2D eigenvalue weighted by molar-refractivity contribution is 6.02. The van der Waals surface area contributed by atoms with Crippen molar-refractivity contribution in [3.8, 4) is 0 Å². The fourth-order valence-electron chi connectivity index (χ4n) is 3.71. The van der Waals surface area contributed by atoms with Crippen LogP contribution in [0.4, 0.5) is 13.2 Å². The number of piperidine rings is 1. The van der Waals surface area contributed by atoms with Crippen LogP contribution in [0.3, 0.4) is 0 Å². The highest BCUT2D eigenvalue weighted by atomic mass is 19.4. The number of carbonyl (C=O) groups is 2. The average molecular weight is 419 g/mol. The third-order valence-corrected chi connectivity index (χ3v) is 5.53. The molecule has 3 rings (SSSR count). The van der Waals surface area contributed by atoms with E-state index in [2.05, 4.69) is 4.90 Å². The standard InChI is InChI=1S/C23H24F3NO3/c24-23(25,26)19-9-4-8-18(16-19)20(28)10-5-13-27-14-11-22(30,12-15-27)21(29)17-6-2-1-3-7-17/h1-4,6-9,16,30H,5,10-15H2. The Balaban J connectivity index is 1.47. The van der Waals surface area contributed by atoms with Crippen molar-refractivity contribution >= 4 is 11.6 Å². The first-order valence-corrected chi connectivity index (χ1v) is 9.94. The minimum Gasteiger partial charge on any atom is -0.382 e. The number of Topliss-reactive ketones (excluding diaryl/α,β-unsaturated/α-hetero) is 2. The van der Waals surface area contributed by atoms with Crippen LogP contribution >= 0.6 is 0 Å². The Hall–Kier alpha value is -2.51. The summed E-state index contributed by atoms with van der Waals surface area (Å²) in [6.45, 7) is 1.62. The lowest BCUT2D eigenvalue weighted by Gasteiger charge is -2.37. The van der Waals surface area contributed by atoms with Crippen molar-refractivity contribution < 1.29 is 27.9 Å². The van der Waals surface area contributed by atoms with Gasteiger partial charge in [-0.15, -0.1) is 0 Å². The third-order valence-electron chi connectivity index (χ3n) is 5.53. The van der Waals surface area contributed by atoms with Gasteiger partial charge in [0.1, 0.15) is 5.60 Å². The second-order valence-electron chi connectivity index (χ2n) is 7.67. The minimum absolute atomic E-state index is 0.0614. The van der Waals surface area contributed by atoms with Gasteiger partial charge in [-0.2, -0.15) is 13.2 Å². The fourth-order valence-corrected chi connectivity index (χ4v) is 3.71. The van der Waals surface area contributed by atoms with Crippen molar-refractivity contribution in [3.05, 3.63) is 71.3 Å². The van der Waals surface area contributed by atoms with E-state index in [4.69, 9.17) is 0 Å².